The van der Waals surface area contributed by atoms with Crippen molar-refractivity contribution in [3.8, 4) is 0 Å². The predicted molar refractivity (Wildman–Crippen MR) is 86.5 cm³/mol. The minimum Gasteiger partial charge on any atom is -0.460 e. The lowest BCUT2D eigenvalue weighted by Gasteiger charge is -2.22. The number of rotatable bonds is 8. The highest BCUT2D eigenvalue weighted by Crippen LogP contribution is 2.41. The number of carbonyl (C=O) groups excluding carboxylic acids is 1. The lowest BCUT2D eigenvalue weighted by Crippen LogP contribution is -2.33. The maximum absolute atomic E-state index is 15.1. The molecule has 0 saturated carbocycles. The quantitative estimate of drug-likeness (QED) is 0.494. The molecule has 0 spiro atoms. The summed E-state index contributed by atoms with van der Waals surface area (Å²) in [7, 11) is 0. The zero-order chi connectivity index (χ0) is 16.0. The SMILES string of the molecule is CCCCCCC[C@@H](C)OC(=O)C1(F)CCc2ccccc21. The smallest absolute Gasteiger partial charge is 0.348 e. The maximum atomic E-state index is 15.1. The molecule has 0 N–H and O–H groups in total. The molecule has 1 aromatic rings. The van der Waals surface area contributed by atoms with E-state index >= 15 is 4.39 Å². The van der Waals surface area contributed by atoms with Gasteiger partial charge in [-0.2, -0.15) is 0 Å². The third-order valence-electron chi connectivity index (χ3n) is 4.53. The monoisotopic (exact) mass is 306 g/mol. The standard InChI is InChI=1S/C19H27FO2/c1-3-4-5-6-7-10-15(2)22-18(21)19(20)14-13-16-11-8-9-12-17(16)19/h8-9,11-12,15H,3-7,10,13-14H2,1-2H3/t15-,19?/m1/s1. The highest BCUT2D eigenvalue weighted by molar-refractivity contribution is 5.83. The van der Waals surface area contributed by atoms with Gasteiger partial charge in [0, 0.05) is 12.0 Å². The third kappa shape index (κ3) is 3.88. The van der Waals surface area contributed by atoms with Crippen LogP contribution in [-0.4, -0.2) is 12.1 Å². The van der Waals surface area contributed by atoms with Crippen molar-refractivity contribution >= 4 is 5.97 Å². The number of ether oxygens (including phenoxy) is 1. The van der Waals surface area contributed by atoms with Crippen molar-refractivity contribution < 1.29 is 13.9 Å². The first-order valence-electron chi connectivity index (χ1n) is 8.56. The van der Waals surface area contributed by atoms with Gasteiger partial charge in [0.25, 0.3) is 0 Å². The van der Waals surface area contributed by atoms with Crippen molar-refractivity contribution in [2.75, 3.05) is 0 Å². The van der Waals surface area contributed by atoms with Crippen LogP contribution < -0.4 is 0 Å². The summed E-state index contributed by atoms with van der Waals surface area (Å²) in [6.07, 6.45) is 7.28. The van der Waals surface area contributed by atoms with E-state index < -0.39 is 11.6 Å². The fourth-order valence-corrected chi connectivity index (χ4v) is 3.15. The summed E-state index contributed by atoms with van der Waals surface area (Å²) in [5, 5.41) is 0. The molecule has 0 aromatic heterocycles. The Bertz CT molecular complexity index is 500. The van der Waals surface area contributed by atoms with Gasteiger partial charge in [-0.3, -0.25) is 0 Å². The van der Waals surface area contributed by atoms with Crippen LogP contribution in [0.25, 0.3) is 0 Å². The summed E-state index contributed by atoms with van der Waals surface area (Å²) < 4.78 is 20.5. The molecule has 122 valence electrons. The van der Waals surface area contributed by atoms with Gasteiger partial charge >= 0.3 is 5.97 Å². The molecule has 0 heterocycles. The molecule has 0 bridgehead atoms. The number of unbranched alkanes of at least 4 members (excludes halogenated alkanes) is 4. The Morgan fingerprint density at radius 3 is 2.77 bits per heavy atom. The summed E-state index contributed by atoms with van der Waals surface area (Å²) in [5.41, 5.74) is -0.531. The molecular formula is C19H27FO2. The molecule has 2 atom stereocenters. The molecule has 22 heavy (non-hydrogen) atoms. The van der Waals surface area contributed by atoms with Gasteiger partial charge in [-0.05, 0) is 31.7 Å². The van der Waals surface area contributed by atoms with E-state index in [0.717, 1.165) is 24.8 Å². The molecule has 1 aromatic carbocycles. The average Bonchev–Trinajstić information content (AvgIpc) is 2.86. The average molecular weight is 306 g/mol. The third-order valence-corrected chi connectivity index (χ3v) is 4.53. The summed E-state index contributed by atoms with van der Waals surface area (Å²) in [5.74, 6) is -0.710. The topological polar surface area (TPSA) is 26.3 Å². The van der Waals surface area contributed by atoms with Crippen molar-refractivity contribution in [3.63, 3.8) is 0 Å². The highest BCUT2D eigenvalue weighted by Gasteiger charge is 2.47. The van der Waals surface area contributed by atoms with Crippen LogP contribution >= 0.6 is 0 Å². The molecule has 0 aliphatic heterocycles. The minimum atomic E-state index is -1.95. The first-order chi connectivity index (χ1) is 10.6. The predicted octanol–water partition coefficient (Wildman–Crippen LogP) is 5.09. The first kappa shape index (κ1) is 17.0. The van der Waals surface area contributed by atoms with Crippen molar-refractivity contribution in [3.05, 3.63) is 35.4 Å². The molecule has 1 unspecified atom stereocenters. The van der Waals surface area contributed by atoms with Gasteiger partial charge in [0.15, 0.2) is 0 Å². The Kier molecular flexibility index (Phi) is 5.98. The van der Waals surface area contributed by atoms with Crippen molar-refractivity contribution in [2.24, 2.45) is 0 Å². The van der Waals surface area contributed by atoms with E-state index in [0.29, 0.717) is 12.0 Å². The number of hydrogen-bond acceptors (Lipinski definition) is 2. The molecule has 0 saturated heterocycles. The molecular weight excluding hydrogens is 279 g/mol. The Morgan fingerprint density at radius 1 is 1.27 bits per heavy atom. The number of halogens is 1. The normalized spacial score (nSPS) is 21.4. The van der Waals surface area contributed by atoms with Gasteiger partial charge in [-0.25, -0.2) is 9.18 Å². The van der Waals surface area contributed by atoms with Gasteiger partial charge < -0.3 is 4.74 Å². The van der Waals surface area contributed by atoms with Crippen LogP contribution in [-0.2, 0) is 21.6 Å². The van der Waals surface area contributed by atoms with Crippen molar-refractivity contribution in [2.45, 2.75) is 77.0 Å². The zero-order valence-electron chi connectivity index (χ0n) is 13.7. The summed E-state index contributed by atoms with van der Waals surface area (Å²) >= 11 is 0. The van der Waals surface area contributed by atoms with Crippen LogP contribution in [0, 0.1) is 0 Å². The van der Waals surface area contributed by atoms with E-state index in [-0.39, 0.29) is 12.5 Å². The number of fused-ring (bicyclic) bond motifs is 1. The molecule has 2 rings (SSSR count). The number of hydrogen-bond donors (Lipinski definition) is 0. The van der Waals surface area contributed by atoms with Crippen LogP contribution in [0.2, 0.25) is 0 Å². The molecule has 3 heteroatoms. The lowest BCUT2D eigenvalue weighted by molar-refractivity contribution is -0.163. The van der Waals surface area contributed by atoms with Crippen molar-refractivity contribution in [1.29, 1.82) is 0 Å². The summed E-state index contributed by atoms with van der Waals surface area (Å²) in [6, 6.07) is 7.26. The van der Waals surface area contributed by atoms with Gasteiger partial charge in [0.2, 0.25) is 5.67 Å². The van der Waals surface area contributed by atoms with Crippen LogP contribution in [0.5, 0.6) is 0 Å². The van der Waals surface area contributed by atoms with Gasteiger partial charge in [0.1, 0.15) is 0 Å². The molecule has 0 fully saturated rings. The number of carbonyl (C=O) groups is 1. The molecule has 0 amide bonds. The maximum Gasteiger partial charge on any atom is 0.348 e. The fourth-order valence-electron chi connectivity index (χ4n) is 3.15. The van der Waals surface area contributed by atoms with E-state index in [9.17, 15) is 4.79 Å². The Labute approximate surface area is 133 Å². The van der Waals surface area contributed by atoms with Gasteiger partial charge in [-0.15, -0.1) is 0 Å². The Hall–Kier alpha value is -1.38. The van der Waals surface area contributed by atoms with E-state index in [1.54, 1.807) is 12.1 Å². The second-order valence-electron chi connectivity index (χ2n) is 6.38. The van der Waals surface area contributed by atoms with E-state index in [1.807, 2.05) is 19.1 Å². The van der Waals surface area contributed by atoms with E-state index in [2.05, 4.69) is 6.92 Å². The van der Waals surface area contributed by atoms with Gasteiger partial charge in [0.05, 0.1) is 6.10 Å². The first-order valence-corrected chi connectivity index (χ1v) is 8.56. The number of alkyl halides is 1. The highest BCUT2D eigenvalue weighted by atomic mass is 19.1. The Balaban J connectivity index is 1.84. The minimum absolute atomic E-state index is 0.203. The lowest BCUT2D eigenvalue weighted by atomic mass is 9.98. The van der Waals surface area contributed by atoms with Crippen LogP contribution in [0.1, 0.15) is 69.9 Å². The fraction of sp³-hybridized carbons (Fsp3) is 0.632. The van der Waals surface area contributed by atoms with E-state index in [1.165, 1.54) is 19.3 Å². The second kappa shape index (κ2) is 7.75. The second-order valence-corrected chi connectivity index (χ2v) is 6.38. The summed E-state index contributed by atoms with van der Waals surface area (Å²) in [6.45, 7) is 4.05. The van der Waals surface area contributed by atoms with Crippen molar-refractivity contribution in [1.82, 2.24) is 0 Å². The molecule has 2 nitrogen and oxygen atoms in total. The molecule has 0 radical (unpaired) electrons. The number of aryl methyl sites for hydroxylation is 1. The Morgan fingerprint density at radius 2 is 2.00 bits per heavy atom. The summed E-state index contributed by atoms with van der Waals surface area (Å²) in [4.78, 5) is 12.3. The molecule has 1 aliphatic carbocycles. The molecule has 1 aliphatic rings. The van der Waals surface area contributed by atoms with Crippen LogP contribution in [0.4, 0.5) is 4.39 Å². The van der Waals surface area contributed by atoms with Gasteiger partial charge in [-0.1, -0.05) is 56.9 Å². The number of esters is 1. The largest absolute Gasteiger partial charge is 0.460 e. The number of benzene rings is 1. The van der Waals surface area contributed by atoms with Crippen LogP contribution in [0.15, 0.2) is 24.3 Å². The zero-order valence-corrected chi connectivity index (χ0v) is 13.7. The van der Waals surface area contributed by atoms with E-state index in [4.69, 9.17) is 4.74 Å². The van der Waals surface area contributed by atoms with Crippen LogP contribution in [0.3, 0.4) is 0 Å².